The van der Waals surface area contributed by atoms with Gasteiger partial charge in [0.05, 0.1) is 18.2 Å². The lowest BCUT2D eigenvalue weighted by Crippen LogP contribution is -2.24. The molecular weight excluding hydrogens is 588 g/mol. The Hall–Kier alpha value is -5.21. The quantitative estimate of drug-likeness (QED) is 0.0918. The number of nitrogens with one attached hydrogen (secondary N) is 2. The van der Waals surface area contributed by atoms with Gasteiger partial charge in [0.25, 0.3) is 0 Å². The predicted octanol–water partition coefficient (Wildman–Crippen LogP) is 8.03. The van der Waals surface area contributed by atoms with Gasteiger partial charge in [-0.05, 0) is 102 Å². The Bertz CT molecular complexity index is 1990. The summed E-state index contributed by atoms with van der Waals surface area (Å²) in [7, 11) is 1.58. The molecule has 8 heteroatoms. The third-order valence-corrected chi connectivity index (χ3v) is 9.04. The van der Waals surface area contributed by atoms with Crippen molar-refractivity contribution in [2.75, 3.05) is 25.5 Å². The predicted molar refractivity (Wildman–Crippen MR) is 188 cm³/mol. The van der Waals surface area contributed by atoms with Gasteiger partial charge in [-0.3, -0.25) is 19.6 Å². The SMILES string of the molecule is COc1cc(/C=C/c2cccc(-c3cccc(Nc4n[nH]c5ccc(CN6CC[C@@H](OC(C)=O)C6)cc45)c3C)c2C)c(C)cc1C=O. The molecule has 1 saturated heterocycles. The molecule has 0 radical (unpaired) electrons. The number of carbonyl (C=O) groups is 2. The van der Waals surface area contributed by atoms with Crippen molar-refractivity contribution >= 4 is 46.8 Å². The second kappa shape index (κ2) is 13.6. The number of aryl methyl sites for hydroxylation is 1. The molecule has 0 saturated carbocycles. The molecule has 5 aromatic rings. The summed E-state index contributed by atoms with van der Waals surface area (Å²) < 4.78 is 10.8. The van der Waals surface area contributed by atoms with Crippen LogP contribution in [-0.2, 0) is 16.1 Å². The van der Waals surface area contributed by atoms with Crippen molar-refractivity contribution in [2.45, 2.75) is 46.8 Å². The third-order valence-electron chi connectivity index (χ3n) is 9.04. The summed E-state index contributed by atoms with van der Waals surface area (Å²) in [4.78, 5) is 25.1. The van der Waals surface area contributed by atoms with E-state index in [4.69, 9.17) is 9.47 Å². The van der Waals surface area contributed by atoms with Crippen LogP contribution in [0.15, 0.2) is 66.7 Å². The summed E-state index contributed by atoms with van der Waals surface area (Å²) in [5.74, 6) is 1.13. The van der Waals surface area contributed by atoms with E-state index in [-0.39, 0.29) is 12.1 Å². The molecule has 240 valence electrons. The van der Waals surface area contributed by atoms with Gasteiger partial charge in [0.2, 0.25) is 0 Å². The van der Waals surface area contributed by atoms with Gasteiger partial charge in [-0.2, -0.15) is 5.10 Å². The van der Waals surface area contributed by atoms with Gasteiger partial charge in [-0.15, -0.1) is 0 Å². The van der Waals surface area contributed by atoms with Gasteiger partial charge in [0, 0.05) is 37.6 Å². The number of fused-ring (bicyclic) bond motifs is 1. The van der Waals surface area contributed by atoms with Crippen LogP contribution < -0.4 is 10.1 Å². The van der Waals surface area contributed by atoms with Gasteiger partial charge in [-0.25, -0.2) is 0 Å². The largest absolute Gasteiger partial charge is 0.496 e. The van der Waals surface area contributed by atoms with Crippen LogP contribution in [0, 0.1) is 20.8 Å². The lowest BCUT2D eigenvalue weighted by molar-refractivity contribution is -0.145. The molecule has 6 rings (SSSR count). The molecule has 1 atom stereocenters. The third kappa shape index (κ3) is 6.83. The number of benzene rings is 4. The van der Waals surface area contributed by atoms with Gasteiger partial charge in [-0.1, -0.05) is 48.6 Å². The Morgan fingerprint density at radius 1 is 0.979 bits per heavy atom. The Labute approximate surface area is 275 Å². The van der Waals surface area contributed by atoms with E-state index in [1.165, 1.54) is 18.1 Å². The first kappa shape index (κ1) is 31.8. The maximum absolute atomic E-state index is 11.4. The van der Waals surface area contributed by atoms with Crippen LogP contribution in [0.2, 0.25) is 0 Å². The van der Waals surface area contributed by atoms with Crippen molar-refractivity contribution in [1.82, 2.24) is 15.1 Å². The summed E-state index contributed by atoms with van der Waals surface area (Å²) in [6.07, 6.45) is 5.84. The Kier molecular flexibility index (Phi) is 9.22. The van der Waals surface area contributed by atoms with Gasteiger partial charge in [0.15, 0.2) is 12.1 Å². The molecule has 2 N–H and O–H groups in total. The molecule has 1 aliphatic rings. The van der Waals surface area contributed by atoms with Gasteiger partial charge >= 0.3 is 5.97 Å². The zero-order valence-corrected chi connectivity index (χ0v) is 27.5. The molecule has 0 unspecified atom stereocenters. The molecule has 1 aromatic heterocycles. The van der Waals surface area contributed by atoms with Gasteiger partial charge in [0.1, 0.15) is 11.9 Å². The molecule has 1 aliphatic heterocycles. The number of ether oxygens (including phenoxy) is 2. The molecule has 0 bridgehead atoms. The number of nitrogens with zero attached hydrogens (tertiary/aromatic N) is 2. The summed E-state index contributed by atoms with van der Waals surface area (Å²) in [6, 6.07) is 22.8. The van der Waals surface area contributed by atoms with E-state index in [0.717, 1.165) is 88.1 Å². The molecule has 0 spiro atoms. The Balaban J connectivity index is 1.24. The fraction of sp³-hybridized carbons (Fsp3) is 0.256. The normalized spacial score (nSPS) is 15.0. The summed E-state index contributed by atoms with van der Waals surface area (Å²) in [5.41, 5.74) is 11.4. The molecule has 8 nitrogen and oxygen atoms in total. The number of likely N-dealkylation sites (tertiary alicyclic amines) is 1. The zero-order valence-electron chi connectivity index (χ0n) is 27.5. The first-order valence-corrected chi connectivity index (χ1v) is 15.9. The lowest BCUT2D eigenvalue weighted by Gasteiger charge is -2.17. The number of anilines is 2. The van der Waals surface area contributed by atoms with E-state index >= 15 is 0 Å². The highest BCUT2D eigenvalue weighted by molar-refractivity contribution is 5.93. The first-order chi connectivity index (χ1) is 22.7. The van der Waals surface area contributed by atoms with Crippen LogP contribution in [0.5, 0.6) is 5.75 Å². The van der Waals surface area contributed by atoms with Crippen molar-refractivity contribution in [2.24, 2.45) is 0 Å². The van der Waals surface area contributed by atoms with Crippen LogP contribution >= 0.6 is 0 Å². The highest BCUT2D eigenvalue weighted by Gasteiger charge is 2.25. The number of esters is 1. The molecule has 1 fully saturated rings. The Morgan fingerprint density at radius 2 is 1.74 bits per heavy atom. The van der Waals surface area contributed by atoms with E-state index in [1.54, 1.807) is 7.11 Å². The van der Waals surface area contributed by atoms with E-state index in [0.29, 0.717) is 11.3 Å². The molecule has 2 heterocycles. The average molecular weight is 629 g/mol. The second-order valence-corrected chi connectivity index (χ2v) is 12.2. The number of aromatic amines is 1. The van der Waals surface area contributed by atoms with Crippen molar-refractivity contribution in [3.8, 4) is 16.9 Å². The van der Waals surface area contributed by atoms with Crippen molar-refractivity contribution in [3.05, 3.63) is 106 Å². The standard InChI is InChI=1S/C39H40N4O4/c1-24-18-31(23-44)38(46-5)20-30(24)14-13-29-8-6-9-33(25(29)2)34-10-7-11-36(26(34)3)40-39-35-19-28(12-15-37(35)41-42-39)21-43-17-16-32(22-43)47-27(4)45/h6-15,18-20,23,32H,16-17,21-22H2,1-5H3,(H2,40,41,42)/b14-13+/t32-/m1/s1. The molecule has 0 amide bonds. The first-order valence-electron chi connectivity index (χ1n) is 15.9. The number of H-pyrrole nitrogens is 1. The van der Waals surface area contributed by atoms with Crippen LogP contribution in [0.1, 0.15) is 57.1 Å². The maximum atomic E-state index is 11.4. The van der Waals surface area contributed by atoms with E-state index in [9.17, 15) is 9.59 Å². The fourth-order valence-electron chi connectivity index (χ4n) is 6.46. The summed E-state index contributed by atoms with van der Waals surface area (Å²) >= 11 is 0. The number of hydrogen-bond acceptors (Lipinski definition) is 7. The van der Waals surface area contributed by atoms with Crippen LogP contribution in [0.25, 0.3) is 34.2 Å². The lowest BCUT2D eigenvalue weighted by atomic mass is 9.92. The number of aromatic nitrogens is 2. The molecule has 0 aliphatic carbocycles. The van der Waals surface area contributed by atoms with E-state index in [2.05, 4.69) is 101 Å². The number of aldehydes is 1. The smallest absolute Gasteiger partial charge is 0.302 e. The van der Waals surface area contributed by atoms with Crippen molar-refractivity contribution < 1.29 is 19.1 Å². The molecule has 4 aromatic carbocycles. The van der Waals surface area contributed by atoms with Crippen molar-refractivity contribution in [1.29, 1.82) is 0 Å². The number of rotatable bonds is 10. The topological polar surface area (TPSA) is 96.5 Å². The van der Waals surface area contributed by atoms with Crippen LogP contribution in [0.3, 0.4) is 0 Å². The fourth-order valence-corrected chi connectivity index (χ4v) is 6.46. The zero-order chi connectivity index (χ0) is 33.1. The highest BCUT2D eigenvalue weighted by atomic mass is 16.5. The molecule has 47 heavy (non-hydrogen) atoms. The second-order valence-electron chi connectivity index (χ2n) is 12.2. The van der Waals surface area contributed by atoms with Gasteiger partial charge < -0.3 is 14.8 Å². The minimum absolute atomic E-state index is 0.0343. The van der Waals surface area contributed by atoms with Crippen LogP contribution in [-0.4, -0.2) is 53.7 Å². The molecular formula is C39H40N4O4. The summed E-state index contributed by atoms with van der Waals surface area (Å²) in [6.45, 7) is 10.2. The minimum Gasteiger partial charge on any atom is -0.496 e. The van der Waals surface area contributed by atoms with E-state index < -0.39 is 0 Å². The monoisotopic (exact) mass is 628 g/mol. The Morgan fingerprint density at radius 3 is 2.51 bits per heavy atom. The van der Waals surface area contributed by atoms with E-state index in [1.807, 2.05) is 19.1 Å². The average Bonchev–Trinajstić information content (AvgIpc) is 3.67. The highest BCUT2D eigenvalue weighted by Crippen LogP contribution is 2.35. The number of hydrogen-bond donors (Lipinski definition) is 2. The van der Waals surface area contributed by atoms with Crippen molar-refractivity contribution in [3.63, 3.8) is 0 Å². The van der Waals surface area contributed by atoms with Crippen LogP contribution in [0.4, 0.5) is 11.5 Å². The minimum atomic E-state index is -0.221. The maximum Gasteiger partial charge on any atom is 0.302 e. The summed E-state index contributed by atoms with van der Waals surface area (Å²) in [5, 5.41) is 12.4. The number of methoxy groups -OCH3 is 1. The number of carbonyl (C=O) groups excluding carboxylic acids is 2.